The van der Waals surface area contributed by atoms with Gasteiger partial charge in [-0.1, -0.05) is 0 Å². The maximum absolute atomic E-state index is 13.3. The fourth-order valence-electron chi connectivity index (χ4n) is 1.79. The number of carboxylic acid groups (broad SMARTS) is 1. The van der Waals surface area contributed by atoms with Crippen LogP contribution in [0.5, 0.6) is 0 Å². The zero-order valence-electron chi connectivity index (χ0n) is 10.2. The minimum absolute atomic E-state index is 0.0220. The van der Waals surface area contributed by atoms with Crippen molar-refractivity contribution in [3.8, 4) is 0 Å². The Morgan fingerprint density at radius 1 is 1.47 bits per heavy atom. The summed E-state index contributed by atoms with van der Waals surface area (Å²) >= 11 is 0. The summed E-state index contributed by atoms with van der Waals surface area (Å²) in [6.45, 7) is 1.48. The van der Waals surface area contributed by atoms with E-state index in [2.05, 4.69) is 4.98 Å². The lowest BCUT2D eigenvalue weighted by Crippen LogP contribution is -2.26. The van der Waals surface area contributed by atoms with Crippen molar-refractivity contribution in [2.75, 3.05) is 19.8 Å². The molecule has 5 nitrogen and oxygen atoms in total. The van der Waals surface area contributed by atoms with Gasteiger partial charge in [-0.25, -0.2) is 9.78 Å². The van der Waals surface area contributed by atoms with Crippen LogP contribution in [0.2, 0.25) is 0 Å². The number of carboxylic acids is 1. The average molecular weight is 273 g/mol. The molecule has 1 aliphatic rings. The lowest BCUT2D eigenvalue weighted by Gasteiger charge is -2.24. The summed E-state index contributed by atoms with van der Waals surface area (Å²) in [4.78, 5) is 14.9. The Bertz CT molecular complexity index is 481. The van der Waals surface area contributed by atoms with E-state index in [1.54, 1.807) is 0 Å². The van der Waals surface area contributed by atoms with Crippen LogP contribution in [0.25, 0.3) is 0 Å². The van der Waals surface area contributed by atoms with Crippen molar-refractivity contribution in [1.82, 2.24) is 4.98 Å². The summed E-state index contributed by atoms with van der Waals surface area (Å²) in [5.41, 5.74) is -0.656. The second-order valence-electron chi connectivity index (χ2n) is 4.26. The van der Waals surface area contributed by atoms with Gasteiger partial charge in [0.15, 0.2) is 0 Å². The molecule has 0 aliphatic carbocycles. The van der Waals surface area contributed by atoms with E-state index in [4.69, 9.17) is 14.6 Å². The first kappa shape index (κ1) is 13.8. The Labute approximate surface area is 108 Å². The largest absolute Gasteiger partial charge is 0.478 e. The van der Waals surface area contributed by atoms with Crippen molar-refractivity contribution in [3.05, 3.63) is 29.1 Å². The monoisotopic (exact) mass is 273 g/mol. The van der Waals surface area contributed by atoms with Gasteiger partial charge in [-0.05, 0) is 12.1 Å². The molecular formula is C12H13F2NO4. The van der Waals surface area contributed by atoms with Crippen LogP contribution in [0.3, 0.4) is 0 Å². The number of hydrogen-bond acceptors (Lipinski definition) is 4. The van der Waals surface area contributed by atoms with E-state index < -0.39 is 23.7 Å². The highest BCUT2D eigenvalue weighted by Gasteiger charge is 2.31. The standard InChI is InChI=1S/C12H13F2NO4/c1-12(13,14)9-3-2-7(11(16)17)10(15-9)8-6-18-4-5-19-8/h2-3,8H,4-6H2,1H3,(H,16,17). The zero-order chi connectivity index (χ0) is 14.0. The van der Waals surface area contributed by atoms with Gasteiger partial charge in [0.25, 0.3) is 5.92 Å². The summed E-state index contributed by atoms with van der Waals surface area (Å²) in [6, 6.07) is 2.13. The lowest BCUT2D eigenvalue weighted by molar-refractivity contribution is -0.0925. The molecule has 1 atom stereocenters. The molecular weight excluding hydrogens is 260 g/mol. The predicted molar refractivity (Wildman–Crippen MR) is 60.3 cm³/mol. The maximum Gasteiger partial charge on any atom is 0.337 e. The number of nitrogens with zero attached hydrogens (tertiary/aromatic N) is 1. The number of alkyl halides is 2. The first-order chi connectivity index (χ1) is 8.89. The molecule has 1 aliphatic heterocycles. The average Bonchev–Trinajstić information content (AvgIpc) is 2.38. The molecule has 0 amide bonds. The highest BCUT2D eigenvalue weighted by Crippen LogP contribution is 2.29. The normalized spacial score (nSPS) is 20.3. The van der Waals surface area contributed by atoms with E-state index in [9.17, 15) is 13.6 Å². The van der Waals surface area contributed by atoms with E-state index in [1.165, 1.54) is 0 Å². The molecule has 2 heterocycles. The number of halogens is 2. The quantitative estimate of drug-likeness (QED) is 0.912. The van der Waals surface area contributed by atoms with Gasteiger partial charge in [-0.2, -0.15) is 8.78 Å². The predicted octanol–water partition coefficient (Wildman–Crippen LogP) is 1.98. The summed E-state index contributed by atoms with van der Waals surface area (Å²) in [5.74, 6) is -4.37. The maximum atomic E-state index is 13.3. The van der Waals surface area contributed by atoms with Crippen LogP contribution in [0.1, 0.15) is 34.8 Å². The Morgan fingerprint density at radius 2 is 2.21 bits per heavy atom. The summed E-state index contributed by atoms with van der Waals surface area (Å²) in [6.07, 6.45) is -0.734. The Kier molecular flexibility index (Phi) is 3.77. The fourth-order valence-corrected chi connectivity index (χ4v) is 1.79. The van der Waals surface area contributed by atoms with E-state index in [1.807, 2.05) is 0 Å². The molecule has 0 aromatic carbocycles. The van der Waals surface area contributed by atoms with Gasteiger partial charge in [0.05, 0.1) is 31.1 Å². The molecule has 19 heavy (non-hydrogen) atoms. The van der Waals surface area contributed by atoms with E-state index in [0.717, 1.165) is 12.1 Å². The number of carbonyl (C=O) groups is 1. The molecule has 7 heteroatoms. The van der Waals surface area contributed by atoms with Gasteiger partial charge >= 0.3 is 5.97 Å². The Hall–Kier alpha value is -1.60. The molecule has 2 rings (SSSR count). The molecule has 1 saturated heterocycles. The van der Waals surface area contributed by atoms with E-state index in [0.29, 0.717) is 13.5 Å². The summed E-state index contributed by atoms with van der Waals surface area (Å²) in [5, 5.41) is 9.07. The summed E-state index contributed by atoms with van der Waals surface area (Å²) < 4.78 is 37.0. The SMILES string of the molecule is CC(F)(F)c1ccc(C(=O)O)c(C2COCCO2)n1. The second kappa shape index (κ2) is 5.18. The molecule has 0 radical (unpaired) electrons. The smallest absolute Gasteiger partial charge is 0.337 e. The van der Waals surface area contributed by atoms with Crippen LogP contribution in [0, 0.1) is 0 Å². The topological polar surface area (TPSA) is 68.7 Å². The van der Waals surface area contributed by atoms with Crippen molar-refractivity contribution in [3.63, 3.8) is 0 Å². The molecule has 104 valence electrons. The van der Waals surface area contributed by atoms with Crippen molar-refractivity contribution in [2.45, 2.75) is 19.0 Å². The summed E-state index contributed by atoms with van der Waals surface area (Å²) in [7, 11) is 0. The van der Waals surface area contributed by atoms with Crippen LogP contribution < -0.4 is 0 Å². The second-order valence-corrected chi connectivity index (χ2v) is 4.26. The van der Waals surface area contributed by atoms with Crippen LogP contribution in [0.4, 0.5) is 8.78 Å². The number of aromatic nitrogens is 1. The van der Waals surface area contributed by atoms with Gasteiger partial charge in [0, 0.05) is 6.92 Å². The fraction of sp³-hybridized carbons (Fsp3) is 0.500. The van der Waals surface area contributed by atoms with E-state index >= 15 is 0 Å². The molecule has 1 aromatic rings. The van der Waals surface area contributed by atoms with Gasteiger partial charge in [0.1, 0.15) is 11.8 Å². The first-order valence-corrected chi connectivity index (χ1v) is 5.71. The number of pyridine rings is 1. The van der Waals surface area contributed by atoms with Gasteiger partial charge < -0.3 is 14.6 Å². The van der Waals surface area contributed by atoms with Gasteiger partial charge in [0.2, 0.25) is 0 Å². The van der Waals surface area contributed by atoms with Crippen molar-refractivity contribution in [2.24, 2.45) is 0 Å². The van der Waals surface area contributed by atoms with Crippen LogP contribution in [0.15, 0.2) is 12.1 Å². The van der Waals surface area contributed by atoms with E-state index in [-0.39, 0.29) is 24.5 Å². The molecule has 1 aromatic heterocycles. The molecule has 1 N–H and O–H groups in total. The third kappa shape index (κ3) is 3.05. The minimum Gasteiger partial charge on any atom is -0.478 e. The van der Waals surface area contributed by atoms with Crippen LogP contribution >= 0.6 is 0 Å². The number of hydrogen-bond donors (Lipinski definition) is 1. The molecule has 1 fully saturated rings. The lowest BCUT2D eigenvalue weighted by atomic mass is 10.1. The number of aromatic carboxylic acids is 1. The Balaban J connectivity index is 2.44. The van der Waals surface area contributed by atoms with Gasteiger partial charge in [-0.3, -0.25) is 0 Å². The molecule has 0 saturated carbocycles. The molecule has 0 bridgehead atoms. The molecule has 0 spiro atoms. The third-order valence-electron chi connectivity index (χ3n) is 2.73. The third-order valence-corrected chi connectivity index (χ3v) is 2.73. The highest BCUT2D eigenvalue weighted by atomic mass is 19.3. The highest BCUT2D eigenvalue weighted by molar-refractivity contribution is 5.89. The Morgan fingerprint density at radius 3 is 2.74 bits per heavy atom. The number of rotatable bonds is 3. The zero-order valence-corrected chi connectivity index (χ0v) is 10.2. The van der Waals surface area contributed by atoms with Crippen molar-refractivity contribution in [1.29, 1.82) is 0 Å². The van der Waals surface area contributed by atoms with Crippen LogP contribution in [-0.4, -0.2) is 35.9 Å². The van der Waals surface area contributed by atoms with Gasteiger partial charge in [-0.15, -0.1) is 0 Å². The minimum atomic E-state index is -3.14. The molecule has 1 unspecified atom stereocenters. The van der Waals surface area contributed by atoms with Crippen molar-refractivity contribution < 1.29 is 28.2 Å². The van der Waals surface area contributed by atoms with Crippen molar-refractivity contribution >= 4 is 5.97 Å². The number of ether oxygens (including phenoxy) is 2. The first-order valence-electron chi connectivity index (χ1n) is 5.71. The van der Waals surface area contributed by atoms with Crippen LogP contribution in [-0.2, 0) is 15.4 Å².